The van der Waals surface area contributed by atoms with E-state index in [1.54, 1.807) is 18.3 Å². The van der Waals surface area contributed by atoms with Gasteiger partial charge in [0.2, 0.25) is 5.91 Å². The molecule has 5 rings (SSSR count). The molecule has 4 aromatic rings. The highest BCUT2D eigenvalue weighted by molar-refractivity contribution is 5.81. The number of aromatic nitrogens is 3. The minimum Gasteiger partial charge on any atom is -0.354 e. The van der Waals surface area contributed by atoms with E-state index in [2.05, 4.69) is 53.3 Å². The standard InChI is InChI=1S/C28H30FN5O/c1-18-6-11-24(19(2)15-18)25-16-26-27(30-12-14-34(26)32-25)33-13-4-5-22(17-33)28(35)31-20(3)21-7-9-23(29)10-8-21/h6-12,14-16,20,22H,4-5,13,17H2,1-3H3,(H,31,35)/t20-,22+/m0/s1. The van der Waals surface area contributed by atoms with E-state index in [1.165, 1.54) is 23.3 Å². The lowest BCUT2D eigenvalue weighted by Crippen LogP contribution is -2.44. The number of nitrogens with one attached hydrogen (secondary N) is 1. The molecule has 6 nitrogen and oxygen atoms in total. The molecule has 35 heavy (non-hydrogen) atoms. The number of carbonyl (C=O) groups excluding carboxylic acids is 1. The predicted molar refractivity (Wildman–Crippen MR) is 136 cm³/mol. The molecular weight excluding hydrogens is 441 g/mol. The van der Waals surface area contributed by atoms with Crippen LogP contribution in [0.3, 0.4) is 0 Å². The third kappa shape index (κ3) is 4.76. The summed E-state index contributed by atoms with van der Waals surface area (Å²) in [5, 5.41) is 7.91. The van der Waals surface area contributed by atoms with Gasteiger partial charge < -0.3 is 10.2 Å². The van der Waals surface area contributed by atoms with Gasteiger partial charge in [-0.2, -0.15) is 5.10 Å². The molecule has 2 aromatic carbocycles. The first-order valence-electron chi connectivity index (χ1n) is 12.1. The van der Waals surface area contributed by atoms with Crippen LogP contribution < -0.4 is 10.2 Å². The second-order valence-corrected chi connectivity index (χ2v) is 9.50. The largest absolute Gasteiger partial charge is 0.354 e. The number of amides is 1. The normalized spacial score (nSPS) is 16.9. The van der Waals surface area contributed by atoms with Crippen LogP contribution in [-0.4, -0.2) is 33.6 Å². The van der Waals surface area contributed by atoms with E-state index >= 15 is 0 Å². The van der Waals surface area contributed by atoms with Gasteiger partial charge in [-0.1, -0.05) is 35.9 Å². The van der Waals surface area contributed by atoms with Crippen molar-refractivity contribution in [1.29, 1.82) is 0 Å². The smallest absolute Gasteiger partial charge is 0.225 e. The van der Waals surface area contributed by atoms with Gasteiger partial charge in [0.15, 0.2) is 5.82 Å². The summed E-state index contributed by atoms with van der Waals surface area (Å²) in [6.45, 7) is 7.56. The van der Waals surface area contributed by atoms with Crippen molar-refractivity contribution in [2.24, 2.45) is 5.92 Å². The summed E-state index contributed by atoms with van der Waals surface area (Å²) in [6.07, 6.45) is 5.37. The van der Waals surface area contributed by atoms with Crippen LogP contribution in [0.2, 0.25) is 0 Å². The summed E-state index contributed by atoms with van der Waals surface area (Å²) in [7, 11) is 0. The van der Waals surface area contributed by atoms with Crippen LogP contribution in [0, 0.1) is 25.6 Å². The number of anilines is 1. The molecule has 0 unspecified atom stereocenters. The molecule has 1 fully saturated rings. The number of carbonyl (C=O) groups is 1. The lowest BCUT2D eigenvalue weighted by atomic mass is 9.96. The highest BCUT2D eigenvalue weighted by Gasteiger charge is 2.28. The second kappa shape index (κ2) is 9.49. The number of hydrogen-bond donors (Lipinski definition) is 1. The predicted octanol–water partition coefficient (Wildman–Crippen LogP) is 5.25. The Morgan fingerprint density at radius 1 is 1.14 bits per heavy atom. The Hall–Kier alpha value is -3.74. The second-order valence-electron chi connectivity index (χ2n) is 9.50. The Morgan fingerprint density at radius 3 is 2.71 bits per heavy atom. The summed E-state index contributed by atoms with van der Waals surface area (Å²) in [5.41, 5.74) is 6.25. The topological polar surface area (TPSA) is 62.5 Å². The van der Waals surface area contributed by atoms with Crippen molar-refractivity contribution in [3.63, 3.8) is 0 Å². The number of fused-ring (bicyclic) bond motifs is 1. The minimum atomic E-state index is -0.280. The number of benzene rings is 2. The molecule has 1 N–H and O–H groups in total. The highest BCUT2D eigenvalue weighted by Crippen LogP contribution is 2.30. The molecule has 1 amide bonds. The summed E-state index contributed by atoms with van der Waals surface area (Å²) >= 11 is 0. The van der Waals surface area contributed by atoms with Gasteiger partial charge >= 0.3 is 0 Å². The monoisotopic (exact) mass is 471 g/mol. The average Bonchev–Trinajstić information content (AvgIpc) is 3.28. The van der Waals surface area contributed by atoms with Crippen LogP contribution in [-0.2, 0) is 4.79 Å². The third-order valence-corrected chi connectivity index (χ3v) is 6.85. The maximum absolute atomic E-state index is 13.2. The van der Waals surface area contributed by atoms with E-state index < -0.39 is 0 Å². The minimum absolute atomic E-state index is 0.0166. The summed E-state index contributed by atoms with van der Waals surface area (Å²) in [6, 6.07) is 14.6. The first kappa shape index (κ1) is 23.0. The van der Waals surface area contributed by atoms with Gasteiger partial charge in [-0.25, -0.2) is 13.9 Å². The van der Waals surface area contributed by atoms with Gasteiger partial charge in [0, 0.05) is 31.0 Å². The lowest BCUT2D eigenvalue weighted by molar-refractivity contribution is -0.125. The maximum atomic E-state index is 13.2. The summed E-state index contributed by atoms with van der Waals surface area (Å²) in [5.74, 6) is 0.441. The summed E-state index contributed by atoms with van der Waals surface area (Å²) in [4.78, 5) is 20.0. The van der Waals surface area contributed by atoms with E-state index in [0.29, 0.717) is 6.54 Å². The quantitative estimate of drug-likeness (QED) is 0.432. The molecule has 0 radical (unpaired) electrons. The third-order valence-electron chi connectivity index (χ3n) is 6.85. The fourth-order valence-corrected chi connectivity index (χ4v) is 4.93. The van der Waals surface area contributed by atoms with Crippen molar-refractivity contribution in [3.8, 4) is 11.3 Å². The molecule has 1 saturated heterocycles. The number of piperidine rings is 1. The van der Waals surface area contributed by atoms with Gasteiger partial charge in [0.05, 0.1) is 17.7 Å². The number of nitrogens with zero attached hydrogens (tertiary/aromatic N) is 4. The molecule has 7 heteroatoms. The summed E-state index contributed by atoms with van der Waals surface area (Å²) < 4.78 is 15.1. The van der Waals surface area contributed by atoms with E-state index in [4.69, 9.17) is 5.10 Å². The molecular formula is C28H30FN5O. The van der Waals surface area contributed by atoms with E-state index in [9.17, 15) is 9.18 Å². The van der Waals surface area contributed by atoms with Gasteiger partial charge in [-0.15, -0.1) is 0 Å². The molecule has 2 aromatic heterocycles. The van der Waals surface area contributed by atoms with Crippen molar-refractivity contribution in [1.82, 2.24) is 19.9 Å². The van der Waals surface area contributed by atoms with Crippen LogP contribution in [0.1, 0.15) is 42.5 Å². The Balaban J connectivity index is 1.35. The molecule has 2 atom stereocenters. The van der Waals surface area contributed by atoms with Crippen LogP contribution in [0.5, 0.6) is 0 Å². The van der Waals surface area contributed by atoms with Crippen molar-refractivity contribution in [3.05, 3.63) is 83.4 Å². The van der Waals surface area contributed by atoms with E-state index in [1.807, 2.05) is 17.6 Å². The van der Waals surface area contributed by atoms with Gasteiger partial charge in [-0.05, 0) is 62.9 Å². The molecule has 3 heterocycles. The maximum Gasteiger partial charge on any atom is 0.225 e. The first-order valence-corrected chi connectivity index (χ1v) is 12.1. The number of rotatable bonds is 5. The molecule has 180 valence electrons. The van der Waals surface area contributed by atoms with E-state index in [0.717, 1.165) is 47.5 Å². The van der Waals surface area contributed by atoms with Gasteiger partial charge in [0.1, 0.15) is 11.3 Å². The Labute approximate surface area is 204 Å². The van der Waals surface area contributed by atoms with Crippen molar-refractivity contribution in [2.45, 2.75) is 39.7 Å². The Kier molecular flexibility index (Phi) is 6.24. The van der Waals surface area contributed by atoms with Crippen LogP contribution in [0.25, 0.3) is 16.8 Å². The van der Waals surface area contributed by atoms with E-state index in [-0.39, 0.29) is 23.7 Å². The highest BCUT2D eigenvalue weighted by atomic mass is 19.1. The SMILES string of the molecule is Cc1ccc(-c2cc3c(N4CCC[C@@H](C(=O)N[C@@H](C)c5ccc(F)cc5)C4)nccn3n2)c(C)c1. The zero-order valence-corrected chi connectivity index (χ0v) is 20.3. The zero-order valence-electron chi connectivity index (χ0n) is 20.3. The number of halogens is 1. The number of hydrogen-bond acceptors (Lipinski definition) is 4. The Bertz CT molecular complexity index is 1360. The van der Waals surface area contributed by atoms with Gasteiger partial charge in [-0.3, -0.25) is 4.79 Å². The van der Waals surface area contributed by atoms with Crippen LogP contribution in [0.15, 0.2) is 60.9 Å². The van der Waals surface area contributed by atoms with Crippen molar-refractivity contribution >= 4 is 17.2 Å². The number of aryl methyl sites for hydroxylation is 2. The average molecular weight is 472 g/mol. The van der Waals surface area contributed by atoms with Gasteiger partial charge in [0.25, 0.3) is 0 Å². The zero-order chi connectivity index (χ0) is 24.5. The fourth-order valence-electron chi connectivity index (χ4n) is 4.93. The van der Waals surface area contributed by atoms with Crippen LogP contribution >= 0.6 is 0 Å². The van der Waals surface area contributed by atoms with Crippen LogP contribution in [0.4, 0.5) is 10.2 Å². The molecule has 0 spiro atoms. The molecule has 1 aliphatic rings. The lowest BCUT2D eigenvalue weighted by Gasteiger charge is -2.33. The molecule has 0 bridgehead atoms. The van der Waals surface area contributed by atoms with Crippen molar-refractivity contribution < 1.29 is 9.18 Å². The first-order chi connectivity index (χ1) is 16.9. The fraction of sp³-hybridized carbons (Fsp3) is 0.321. The Morgan fingerprint density at radius 2 is 1.94 bits per heavy atom. The molecule has 0 saturated carbocycles. The van der Waals surface area contributed by atoms with Crippen molar-refractivity contribution in [2.75, 3.05) is 18.0 Å². The molecule has 0 aliphatic carbocycles. The molecule has 1 aliphatic heterocycles.